The minimum Gasteiger partial charge on any atom is -0.425 e. The average Bonchev–Trinajstić information content (AvgIpc) is 3.38. The molecule has 0 amide bonds. The molecule has 136 valence electrons. The molecule has 2 aliphatic rings. The molecular formula is C21H23NO2S2. The molecular weight excluding hydrogens is 362 g/mol. The van der Waals surface area contributed by atoms with E-state index in [0.29, 0.717) is 10.3 Å². The first-order valence-electron chi connectivity index (χ1n) is 9.15. The van der Waals surface area contributed by atoms with Gasteiger partial charge in [-0.05, 0) is 49.2 Å². The van der Waals surface area contributed by atoms with Crippen molar-refractivity contribution in [2.24, 2.45) is 0 Å². The van der Waals surface area contributed by atoms with Gasteiger partial charge in [0.1, 0.15) is 11.8 Å². The fourth-order valence-electron chi connectivity index (χ4n) is 3.55. The largest absolute Gasteiger partial charge is 0.425 e. The first-order valence-corrected chi connectivity index (χ1v) is 11.2. The molecule has 0 aliphatic carbocycles. The number of ether oxygens (including phenoxy) is 1. The van der Waals surface area contributed by atoms with E-state index in [-0.39, 0.29) is 12.0 Å². The van der Waals surface area contributed by atoms with Crippen LogP contribution in [0.3, 0.4) is 0 Å². The van der Waals surface area contributed by atoms with E-state index < -0.39 is 0 Å². The summed E-state index contributed by atoms with van der Waals surface area (Å²) in [5.41, 5.74) is 2.31. The first-order chi connectivity index (χ1) is 12.8. The van der Waals surface area contributed by atoms with Gasteiger partial charge in [-0.3, -0.25) is 4.90 Å². The van der Waals surface area contributed by atoms with E-state index in [9.17, 15) is 4.79 Å². The van der Waals surface area contributed by atoms with E-state index in [1.165, 1.54) is 17.1 Å². The number of benzene rings is 2. The van der Waals surface area contributed by atoms with Crippen molar-refractivity contribution >= 4 is 29.5 Å². The first kappa shape index (κ1) is 18.0. The Morgan fingerprint density at radius 3 is 2.27 bits per heavy atom. The Balaban J connectivity index is 1.49. The third-order valence-electron chi connectivity index (χ3n) is 4.84. The number of nitrogens with zero attached hydrogens (tertiary/aromatic N) is 1. The zero-order valence-corrected chi connectivity index (χ0v) is 16.3. The Hall–Kier alpha value is -1.43. The summed E-state index contributed by atoms with van der Waals surface area (Å²) in [5.74, 6) is 2.86. The minimum atomic E-state index is -0.320. The summed E-state index contributed by atoms with van der Waals surface area (Å²) in [7, 11) is 0. The summed E-state index contributed by atoms with van der Waals surface area (Å²) >= 11 is 3.97. The number of esters is 1. The summed E-state index contributed by atoms with van der Waals surface area (Å²) in [4.78, 5) is 15.2. The molecule has 0 aromatic heterocycles. The van der Waals surface area contributed by atoms with Crippen molar-refractivity contribution < 1.29 is 9.53 Å². The summed E-state index contributed by atoms with van der Waals surface area (Å²) < 4.78 is 6.28. The average molecular weight is 386 g/mol. The molecule has 3 nitrogen and oxygen atoms in total. The minimum absolute atomic E-state index is 0.185. The lowest BCUT2D eigenvalue weighted by Crippen LogP contribution is -2.34. The van der Waals surface area contributed by atoms with Crippen LogP contribution >= 0.6 is 23.5 Å². The Bertz CT molecular complexity index is 723. The second kappa shape index (κ2) is 8.51. The van der Waals surface area contributed by atoms with Gasteiger partial charge in [0.25, 0.3) is 0 Å². The molecule has 2 fully saturated rings. The van der Waals surface area contributed by atoms with Crippen molar-refractivity contribution in [3.05, 3.63) is 65.7 Å². The van der Waals surface area contributed by atoms with Crippen LogP contribution in [0.4, 0.5) is 0 Å². The zero-order valence-electron chi connectivity index (χ0n) is 14.7. The molecule has 0 spiro atoms. The maximum Gasteiger partial charge on any atom is 0.333 e. The molecule has 5 heteroatoms. The summed E-state index contributed by atoms with van der Waals surface area (Å²) in [6, 6.07) is 17.7. The number of carbonyl (C=O) groups excluding carboxylic acids is 1. The quantitative estimate of drug-likeness (QED) is 0.539. The molecule has 0 radical (unpaired) electrons. The SMILES string of the molecule is O=C(Oc1ccc(C2SCCS2)cc1)C(c1ccccc1)N1CCCC1. The van der Waals surface area contributed by atoms with Gasteiger partial charge in [-0.15, -0.1) is 23.5 Å². The van der Waals surface area contributed by atoms with Crippen molar-refractivity contribution in [3.63, 3.8) is 0 Å². The predicted octanol–water partition coefficient (Wildman–Crippen LogP) is 4.91. The molecule has 2 saturated heterocycles. The standard InChI is InChI=1S/C21H23NO2S2/c23-20(19(22-12-4-5-13-22)16-6-2-1-3-7-16)24-18-10-8-17(9-11-18)21-25-14-15-26-21/h1-3,6-11,19,21H,4-5,12-15H2. The van der Waals surface area contributed by atoms with E-state index in [1.807, 2.05) is 66.0 Å². The highest BCUT2D eigenvalue weighted by atomic mass is 32.2. The van der Waals surface area contributed by atoms with Crippen LogP contribution in [-0.2, 0) is 4.79 Å². The molecule has 2 aliphatic heterocycles. The van der Waals surface area contributed by atoms with Crippen LogP contribution < -0.4 is 4.74 Å². The molecule has 0 N–H and O–H groups in total. The molecule has 4 rings (SSSR count). The maximum atomic E-state index is 13.0. The molecule has 2 heterocycles. The lowest BCUT2D eigenvalue weighted by atomic mass is 10.1. The van der Waals surface area contributed by atoms with E-state index >= 15 is 0 Å². The van der Waals surface area contributed by atoms with Gasteiger partial charge in [0.15, 0.2) is 0 Å². The van der Waals surface area contributed by atoms with Crippen molar-refractivity contribution in [3.8, 4) is 5.75 Å². The van der Waals surface area contributed by atoms with Crippen molar-refractivity contribution in [1.29, 1.82) is 0 Å². The highest BCUT2D eigenvalue weighted by Gasteiger charge is 2.31. The fraction of sp³-hybridized carbons (Fsp3) is 0.381. The van der Waals surface area contributed by atoms with Crippen molar-refractivity contribution in [1.82, 2.24) is 4.90 Å². The van der Waals surface area contributed by atoms with Crippen molar-refractivity contribution in [2.75, 3.05) is 24.6 Å². The van der Waals surface area contributed by atoms with Crippen LogP contribution in [0.1, 0.15) is 34.6 Å². The summed E-state index contributed by atoms with van der Waals surface area (Å²) in [5, 5.41) is 0. The normalized spacial score (nSPS) is 19.5. The van der Waals surface area contributed by atoms with E-state index in [2.05, 4.69) is 17.0 Å². The summed E-state index contributed by atoms with van der Waals surface area (Å²) in [6.45, 7) is 1.90. The Morgan fingerprint density at radius 1 is 0.962 bits per heavy atom. The number of carbonyl (C=O) groups is 1. The fourth-order valence-corrected chi connectivity index (χ4v) is 6.41. The number of rotatable bonds is 5. The summed E-state index contributed by atoms with van der Waals surface area (Å²) in [6.07, 6.45) is 2.28. The highest BCUT2D eigenvalue weighted by molar-refractivity contribution is 8.19. The molecule has 1 atom stereocenters. The van der Waals surface area contributed by atoms with Crippen LogP contribution in [0, 0.1) is 0 Å². The molecule has 0 saturated carbocycles. The van der Waals surface area contributed by atoms with Crippen LogP contribution in [0.5, 0.6) is 5.75 Å². The number of hydrogen-bond acceptors (Lipinski definition) is 5. The highest BCUT2D eigenvalue weighted by Crippen LogP contribution is 2.45. The monoisotopic (exact) mass is 385 g/mol. The number of likely N-dealkylation sites (tertiary alicyclic amines) is 1. The van der Waals surface area contributed by atoms with Crippen LogP contribution in [-0.4, -0.2) is 35.5 Å². The van der Waals surface area contributed by atoms with E-state index in [0.717, 1.165) is 31.5 Å². The smallest absolute Gasteiger partial charge is 0.333 e. The van der Waals surface area contributed by atoms with Gasteiger partial charge in [0, 0.05) is 11.5 Å². The third kappa shape index (κ3) is 4.11. The number of thioether (sulfide) groups is 2. The van der Waals surface area contributed by atoms with Crippen molar-refractivity contribution in [2.45, 2.75) is 23.5 Å². The lowest BCUT2D eigenvalue weighted by Gasteiger charge is -2.26. The van der Waals surface area contributed by atoms with Gasteiger partial charge in [0.2, 0.25) is 0 Å². The van der Waals surface area contributed by atoms with Gasteiger partial charge < -0.3 is 4.74 Å². The van der Waals surface area contributed by atoms with Crippen LogP contribution in [0.25, 0.3) is 0 Å². The molecule has 0 bridgehead atoms. The third-order valence-corrected chi connectivity index (χ3v) is 7.94. The maximum absolute atomic E-state index is 13.0. The topological polar surface area (TPSA) is 29.5 Å². The lowest BCUT2D eigenvalue weighted by molar-refractivity contribution is -0.140. The van der Waals surface area contributed by atoms with Gasteiger partial charge in [-0.2, -0.15) is 0 Å². The van der Waals surface area contributed by atoms with Gasteiger partial charge in [0.05, 0.1) is 4.58 Å². The van der Waals surface area contributed by atoms with Crippen LogP contribution in [0.15, 0.2) is 54.6 Å². The second-order valence-corrected chi connectivity index (χ2v) is 9.34. The zero-order chi connectivity index (χ0) is 17.8. The van der Waals surface area contributed by atoms with Gasteiger partial charge in [-0.25, -0.2) is 4.79 Å². The Morgan fingerprint density at radius 2 is 1.62 bits per heavy atom. The van der Waals surface area contributed by atoms with Crippen LogP contribution in [0.2, 0.25) is 0 Å². The Kier molecular flexibility index (Phi) is 5.88. The molecule has 26 heavy (non-hydrogen) atoms. The molecule has 2 aromatic carbocycles. The van der Waals surface area contributed by atoms with E-state index in [4.69, 9.17) is 4.74 Å². The molecule has 2 aromatic rings. The number of hydrogen-bond donors (Lipinski definition) is 0. The predicted molar refractivity (Wildman–Crippen MR) is 110 cm³/mol. The van der Waals surface area contributed by atoms with Gasteiger partial charge >= 0.3 is 5.97 Å². The van der Waals surface area contributed by atoms with Gasteiger partial charge in [-0.1, -0.05) is 42.5 Å². The molecule has 1 unspecified atom stereocenters. The van der Waals surface area contributed by atoms with E-state index in [1.54, 1.807) is 0 Å². The second-order valence-electron chi connectivity index (χ2n) is 6.62. The Labute approximate surface area is 163 Å².